The zero-order valence-corrected chi connectivity index (χ0v) is 10.7. The molecule has 0 saturated carbocycles. The van der Waals surface area contributed by atoms with Gasteiger partial charge in [-0.05, 0) is 30.4 Å². The van der Waals surface area contributed by atoms with Gasteiger partial charge in [0.1, 0.15) is 12.2 Å². The summed E-state index contributed by atoms with van der Waals surface area (Å²) in [7, 11) is 0. The summed E-state index contributed by atoms with van der Waals surface area (Å²) < 4.78 is 14.0. The Morgan fingerprint density at radius 1 is 1.44 bits per heavy atom. The first kappa shape index (κ1) is 12.7. The highest BCUT2D eigenvalue weighted by Crippen LogP contribution is 2.29. The molecule has 2 rings (SSSR count). The maximum atomic E-state index is 14.0. The van der Waals surface area contributed by atoms with Crippen LogP contribution in [0.15, 0.2) is 12.1 Å². The average Bonchev–Trinajstić information content (AvgIpc) is 2.38. The summed E-state index contributed by atoms with van der Waals surface area (Å²) in [6, 6.07) is 5.27. The first-order chi connectivity index (χ1) is 8.61. The molecule has 0 amide bonds. The van der Waals surface area contributed by atoms with Crippen LogP contribution in [0, 0.1) is 23.2 Å². The first-order valence-corrected chi connectivity index (χ1v) is 6.24. The molecule has 5 heteroatoms. The molecule has 1 aromatic heterocycles. The molecule has 4 nitrogen and oxygen atoms in total. The van der Waals surface area contributed by atoms with Crippen molar-refractivity contribution < 1.29 is 4.39 Å². The average molecular weight is 248 g/mol. The third-order valence-corrected chi connectivity index (χ3v) is 3.54. The monoisotopic (exact) mass is 248 g/mol. The first-order valence-electron chi connectivity index (χ1n) is 6.24. The van der Waals surface area contributed by atoms with E-state index < -0.39 is 6.17 Å². The van der Waals surface area contributed by atoms with Gasteiger partial charge in [0.2, 0.25) is 0 Å². The minimum Gasteiger partial charge on any atom is -0.352 e. The molecule has 0 aromatic carbocycles. The normalized spacial score (nSPS) is 24.1. The quantitative estimate of drug-likeness (QED) is 0.805. The molecule has 1 aliphatic rings. The van der Waals surface area contributed by atoms with E-state index in [9.17, 15) is 4.39 Å². The van der Waals surface area contributed by atoms with Gasteiger partial charge in [0.15, 0.2) is 11.5 Å². The third kappa shape index (κ3) is 2.58. The lowest BCUT2D eigenvalue weighted by Crippen LogP contribution is -2.44. The van der Waals surface area contributed by atoms with Crippen LogP contribution in [0.1, 0.15) is 26.0 Å². The maximum Gasteiger partial charge on any atom is 0.163 e. The predicted octanol–water partition coefficient (Wildman–Crippen LogP) is 2.17. The molecule has 0 spiro atoms. The Balaban J connectivity index is 2.05. The summed E-state index contributed by atoms with van der Waals surface area (Å²) in [5.41, 5.74) is 0.285. The van der Waals surface area contributed by atoms with Crippen LogP contribution >= 0.6 is 0 Å². The number of rotatable bonds is 2. The Morgan fingerprint density at radius 2 is 2.22 bits per heavy atom. The molecule has 0 aliphatic carbocycles. The van der Waals surface area contributed by atoms with Gasteiger partial charge in [-0.3, -0.25) is 0 Å². The summed E-state index contributed by atoms with van der Waals surface area (Å²) in [5, 5.41) is 16.4. The number of piperidine rings is 1. The van der Waals surface area contributed by atoms with Crippen LogP contribution in [-0.4, -0.2) is 29.5 Å². The van der Waals surface area contributed by atoms with Crippen LogP contribution in [0.4, 0.5) is 10.2 Å². The zero-order chi connectivity index (χ0) is 13.1. The van der Waals surface area contributed by atoms with E-state index >= 15 is 0 Å². The number of anilines is 1. The van der Waals surface area contributed by atoms with Crippen LogP contribution in [0.5, 0.6) is 0 Å². The van der Waals surface area contributed by atoms with E-state index in [1.807, 2.05) is 11.0 Å². The second-order valence-corrected chi connectivity index (χ2v) is 5.05. The van der Waals surface area contributed by atoms with Gasteiger partial charge in [0.25, 0.3) is 0 Å². The highest BCUT2D eigenvalue weighted by Gasteiger charge is 2.31. The summed E-state index contributed by atoms with van der Waals surface area (Å²) in [6.45, 7) is 5.29. The maximum absolute atomic E-state index is 14.0. The van der Waals surface area contributed by atoms with E-state index in [1.165, 1.54) is 0 Å². The van der Waals surface area contributed by atoms with Crippen LogP contribution < -0.4 is 4.90 Å². The van der Waals surface area contributed by atoms with E-state index in [2.05, 4.69) is 24.0 Å². The van der Waals surface area contributed by atoms with Crippen molar-refractivity contribution >= 4 is 5.82 Å². The molecule has 1 saturated heterocycles. The number of halogens is 1. The molecule has 2 heterocycles. The van der Waals surface area contributed by atoms with Gasteiger partial charge < -0.3 is 4.90 Å². The van der Waals surface area contributed by atoms with Gasteiger partial charge in [0, 0.05) is 6.54 Å². The Labute approximate surface area is 106 Å². The van der Waals surface area contributed by atoms with Crippen molar-refractivity contribution in [1.29, 1.82) is 5.26 Å². The summed E-state index contributed by atoms with van der Waals surface area (Å²) in [6.07, 6.45) is 0.0109. The number of alkyl halides is 1. The lowest BCUT2D eigenvalue weighted by molar-refractivity contribution is 0.153. The Kier molecular flexibility index (Phi) is 3.75. The molecule has 18 heavy (non-hydrogen) atoms. The van der Waals surface area contributed by atoms with E-state index in [-0.39, 0.29) is 11.6 Å². The molecule has 0 bridgehead atoms. The van der Waals surface area contributed by atoms with Crippen molar-refractivity contribution in [2.45, 2.75) is 26.4 Å². The van der Waals surface area contributed by atoms with Gasteiger partial charge in [-0.1, -0.05) is 13.8 Å². The molecule has 1 fully saturated rings. The van der Waals surface area contributed by atoms with Crippen LogP contribution in [0.25, 0.3) is 0 Å². The van der Waals surface area contributed by atoms with E-state index in [0.717, 1.165) is 13.0 Å². The molecule has 0 radical (unpaired) electrons. The summed E-state index contributed by atoms with van der Waals surface area (Å²) >= 11 is 0. The van der Waals surface area contributed by atoms with Gasteiger partial charge in [-0.2, -0.15) is 5.26 Å². The number of aromatic nitrogens is 2. The van der Waals surface area contributed by atoms with E-state index in [4.69, 9.17) is 5.26 Å². The fourth-order valence-corrected chi connectivity index (χ4v) is 2.44. The lowest BCUT2D eigenvalue weighted by atomic mass is 9.85. The van der Waals surface area contributed by atoms with Gasteiger partial charge >= 0.3 is 0 Å². The lowest BCUT2D eigenvalue weighted by Gasteiger charge is -2.36. The standard InChI is InChI=1S/C13H17FN4/c1-9(2)11-5-6-18(8-12(11)14)13-4-3-10(7-15)16-17-13/h3-4,9,11-12H,5-6,8H2,1-2H3. The third-order valence-electron chi connectivity index (χ3n) is 3.54. The van der Waals surface area contributed by atoms with Gasteiger partial charge in [-0.25, -0.2) is 4.39 Å². The fourth-order valence-electron chi connectivity index (χ4n) is 2.44. The number of nitriles is 1. The van der Waals surface area contributed by atoms with E-state index in [0.29, 0.717) is 18.3 Å². The Bertz CT molecular complexity index is 437. The minimum absolute atomic E-state index is 0.132. The number of nitrogens with zero attached hydrogens (tertiary/aromatic N) is 4. The SMILES string of the molecule is CC(C)C1CCN(c2ccc(C#N)nn2)CC1F. The molecular weight excluding hydrogens is 231 g/mol. The van der Waals surface area contributed by atoms with Crippen molar-refractivity contribution in [3.63, 3.8) is 0 Å². The van der Waals surface area contributed by atoms with Crippen molar-refractivity contribution in [2.75, 3.05) is 18.0 Å². The van der Waals surface area contributed by atoms with Crippen LogP contribution in [0.3, 0.4) is 0 Å². The highest BCUT2D eigenvalue weighted by atomic mass is 19.1. The smallest absolute Gasteiger partial charge is 0.163 e. The topological polar surface area (TPSA) is 52.8 Å². The van der Waals surface area contributed by atoms with Gasteiger partial charge in [-0.15, -0.1) is 10.2 Å². The number of hydrogen-bond acceptors (Lipinski definition) is 4. The molecule has 96 valence electrons. The predicted molar refractivity (Wildman–Crippen MR) is 66.8 cm³/mol. The van der Waals surface area contributed by atoms with Crippen molar-refractivity contribution in [3.05, 3.63) is 17.8 Å². The summed E-state index contributed by atoms with van der Waals surface area (Å²) in [5.74, 6) is 1.15. The molecule has 1 aromatic rings. The van der Waals surface area contributed by atoms with Crippen molar-refractivity contribution in [1.82, 2.24) is 10.2 Å². The fraction of sp³-hybridized carbons (Fsp3) is 0.615. The van der Waals surface area contributed by atoms with Gasteiger partial charge in [0.05, 0.1) is 6.54 Å². The second kappa shape index (κ2) is 5.30. The van der Waals surface area contributed by atoms with Crippen LogP contribution in [-0.2, 0) is 0 Å². The molecular formula is C13H17FN4. The summed E-state index contributed by atoms with van der Waals surface area (Å²) in [4.78, 5) is 1.90. The van der Waals surface area contributed by atoms with Crippen molar-refractivity contribution in [2.24, 2.45) is 11.8 Å². The van der Waals surface area contributed by atoms with Crippen molar-refractivity contribution in [3.8, 4) is 6.07 Å². The Hall–Kier alpha value is -1.70. The molecule has 0 N–H and O–H groups in total. The van der Waals surface area contributed by atoms with Crippen LogP contribution in [0.2, 0.25) is 0 Å². The minimum atomic E-state index is -0.823. The molecule has 1 aliphatic heterocycles. The zero-order valence-electron chi connectivity index (χ0n) is 10.7. The largest absolute Gasteiger partial charge is 0.352 e. The second-order valence-electron chi connectivity index (χ2n) is 5.05. The highest BCUT2D eigenvalue weighted by molar-refractivity contribution is 5.39. The number of hydrogen-bond donors (Lipinski definition) is 0. The molecule has 2 unspecified atom stereocenters. The van der Waals surface area contributed by atoms with E-state index in [1.54, 1.807) is 12.1 Å². The molecule has 2 atom stereocenters. The Morgan fingerprint density at radius 3 is 2.72 bits per heavy atom.